The van der Waals surface area contributed by atoms with E-state index in [2.05, 4.69) is 34.8 Å². The van der Waals surface area contributed by atoms with Crippen LogP contribution < -0.4 is 16.0 Å². The minimum Gasteiger partial charge on any atom is -0.380 e. The number of guanidine groups is 1. The maximum atomic E-state index is 11.0. The Morgan fingerprint density at radius 3 is 2.40 bits per heavy atom. The van der Waals surface area contributed by atoms with Crippen LogP contribution in [0.1, 0.15) is 32.8 Å². The molecule has 0 aliphatic carbocycles. The van der Waals surface area contributed by atoms with Crippen molar-refractivity contribution >= 4 is 17.6 Å². The number of nitrogens with zero attached hydrogens (tertiary/aromatic N) is 1. The summed E-state index contributed by atoms with van der Waals surface area (Å²) in [6, 6.07) is 7.87. The first-order valence-electron chi connectivity index (χ1n) is 8.90. The number of ether oxygens (including phenoxy) is 1. The molecule has 0 saturated heterocycles. The van der Waals surface area contributed by atoms with Crippen LogP contribution in [0.25, 0.3) is 0 Å². The maximum Gasteiger partial charge on any atom is 0.221 e. The van der Waals surface area contributed by atoms with Crippen molar-refractivity contribution in [3.05, 3.63) is 29.8 Å². The molecule has 1 aromatic rings. The van der Waals surface area contributed by atoms with Crippen molar-refractivity contribution in [1.82, 2.24) is 10.6 Å². The third-order valence-electron chi connectivity index (χ3n) is 3.58. The number of aliphatic imine (C=N–C) groups is 1. The average molecular weight is 348 g/mol. The van der Waals surface area contributed by atoms with Gasteiger partial charge in [-0.05, 0) is 36.5 Å². The van der Waals surface area contributed by atoms with Gasteiger partial charge in [-0.2, -0.15) is 0 Å². The predicted molar refractivity (Wildman–Crippen MR) is 104 cm³/mol. The fourth-order valence-electron chi connectivity index (χ4n) is 2.17. The Hall–Kier alpha value is -2.08. The number of benzene rings is 1. The lowest BCUT2D eigenvalue weighted by Gasteiger charge is -2.12. The fourth-order valence-corrected chi connectivity index (χ4v) is 2.17. The second-order valence-electron chi connectivity index (χ2n) is 6.35. The highest BCUT2D eigenvalue weighted by Gasteiger charge is 2.00. The molecule has 0 radical (unpaired) electrons. The zero-order chi connectivity index (χ0) is 18.5. The van der Waals surface area contributed by atoms with Crippen molar-refractivity contribution < 1.29 is 9.53 Å². The van der Waals surface area contributed by atoms with E-state index in [1.165, 1.54) is 12.5 Å². The van der Waals surface area contributed by atoms with Crippen molar-refractivity contribution in [3.8, 4) is 0 Å². The molecule has 0 aliphatic rings. The van der Waals surface area contributed by atoms with Crippen molar-refractivity contribution in [1.29, 1.82) is 0 Å². The van der Waals surface area contributed by atoms with Crippen LogP contribution in [-0.2, 0) is 16.0 Å². The van der Waals surface area contributed by atoms with Gasteiger partial charge in [-0.1, -0.05) is 26.0 Å². The van der Waals surface area contributed by atoms with Crippen molar-refractivity contribution in [2.45, 2.75) is 33.6 Å². The van der Waals surface area contributed by atoms with E-state index in [0.717, 1.165) is 44.2 Å². The van der Waals surface area contributed by atoms with Gasteiger partial charge in [0.05, 0.1) is 6.61 Å². The predicted octanol–water partition coefficient (Wildman–Crippen LogP) is 2.42. The molecule has 25 heavy (non-hydrogen) atoms. The van der Waals surface area contributed by atoms with Crippen LogP contribution in [0, 0.1) is 5.92 Å². The lowest BCUT2D eigenvalue weighted by molar-refractivity contribution is -0.114. The van der Waals surface area contributed by atoms with Crippen LogP contribution in [-0.4, -0.2) is 45.2 Å². The molecule has 0 heterocycles. The van der Waals surface area contributed by atoms with Gasteiger partial charge >= 0.3 is 0 Å². The van der Waals surface area contributed by atoms with Crippen molar-refractivity contribution in [3.63, 3.8) is 0 Å². The number of rotatable bonds is 10. The van der Waals surface area contributed by atoms with Crippen molar-refractivity contribution in [2.75, 3.05) is 38.7 Å². The SMILES string of the molecule is CN=C(NCCOCCC(C)C)NCCc1ccc(NC(C)=O)cc1. The van der Waals surface area contributed by atoms with Gasteiger partial charge in [-0.3, -0.25) is 9.79 Å². The molecule has 0 bridgehead atoms. The van der Waals surface area contributed by atoms with E-state index < -0.39 is 0 Å². The molecule has 1 rings (SSSR count). The molecule has 0 saturated carbocycles. The number of hydrogen-bond donors (Lipinski definition) is 3. The minimum atomic E-state index is -0.0579. The number of carbonyl (C=O) groups excluding carboxylic acids is 1. The lowest BCUT2D eigenvalue weighted by atomic mass is 10.1. The third kappa shape index (κ3) is 10.4. The highest BCUT2D eigenvalue weighted by molar-refractivity contribution is 5.88. The summed E-state index contributed by atoms with van der Waals surface area (Å²) in [7, 11) is 1.76. The molecular formula is C19H32N4O2. The summed E-state index contributed by atoms with van der Waals surface area (Å²) < 4.78 is 5.58. The maximum absolute atomic E-state index is 11.0. The minimum absolute atomic E-state index is 0.0579. The van der Waals surface area contributed by atoms with Crippen LogP contribution in [0.3, 0.4) is 0 Å². The normalized spacial score (nSPS) is 11.5. The third-order valence-corrected chi connectivity index (χ3v) is 3.58. The zero-order valence-electron chi connectivity index (χ0n) is 15.9. The van der Waals surface area contributed by atoms with Gasteiger partial charge in [0.1, 0.15) is 0 Å². The summed E-state index contributed by atoms with van der Waals surface area (Å²) >= 11 is 0. The van der Waals surface area contributed by atoms with E-state index in [1.807, 2.05) is 24.3 Å². The average Bonchev–Trinajstić information content (AvgIpc) is 2.57. The van der Waals surface area contributed by atoms with Gasteiger partial charge in [0.2, 0.25) is 5.91 Å². The molecule has 0 spiro atoms. The van der Waals surface area contributed by atoms with Gasteiger partial charge in [0.25, 0.3) is 0 Å². The smallest absolute Gasteiger partial charge is 0.221 e. The Morgan fingerprint density at radius 2 is 1.80 bits per heavy atom. The number of hydrogen-bond acceptors (Lipinski definition) is 3. The number of anilines is 1. The molecule has 6 nitrogen and oxygen atoms in total. The Morgan fingerprint density at radius 1 is 1.12 bits per heavy atom. The second-order valence-corrected chi connectivity index (χ2v) is 6.35. The second kappa shape index (κ2) is 12.3. The molecule has 6 heteroatoms. The van der Waals surface area contributed by atoms with E-state index in [9.17, 15) is 4.79 Å². The topological polar surface area (TPSA) is 74.8 Å². The largest absolute Gasteiger partial charge is 0.380 e. The Kier molecular flexibility index (Phi) is 10.3. The monoisotopic (exact) mass is 348 g/mol. The van der Waals surface area contributed by atoms with Crippen LogP contribution in [0.5, 0.6) is 0 Å². The molecule has 0 unspecified atom stereocenters. The number of nitrogens with one attached hydrogen (secondary N) is 3. The van der Waals surface area contributed by atoms with E-state index in [-0.39, 0.29) is 5.91 Å². The molecule has 0 fully saturated rings. The molecule has 1 amide bonds. The first-order chi connectivity index (χ1) is 12.0. The summed E-state index contributed by atoms with van der Waals surface area (Å²) in [6.07, 6.45) is 1.97. The molecule has 1 aromatic carbocycles. The van der Waals surface area contributed by atoms with E-state index in [0.29, 0.717) is 12.5 Å². The summed E-state index contributed by atoms with van der Waals surface area (Å²) in [4.78, 5) is 15.2. The highest BCUT2D eigenvalue weighted by atomic mass is 16.5. The first kappa shape index (κ1) is 21.0. The van der Waals surface area contributed by atoms with Gasteiger partial charge in [0.15, 0.2) is 5.96 Å². The summed E-state index contributed by atoms with van der Waals surface area (Å²) in [5, 5.41) is 9.29. The molecular weight excluding hydrogens is 316 g/mol. The Labute approximate surface area is 151 Å². The lowest BCUT2D eigenvalue weighted by Crippen LogP contribution is -2.39. The zero-order valence-corrected chi connectivity index (χ0v) is 15.9. The van der Waals surface area contributed by atoms with Gasteiger partial charge in [0, 0.05) is 39.4 Å². The molecule has 0 atom stereocenters. The number of carbonyl (C=O) groups is 1. The van der Waals surface area contributed by atoms with Gasteiger partial charge < -0.3 is 20.7 Å². The van der Waals surface area contributed by atoms with Crippen molar-refractivity contribution in [2.24, 2.45) is 10.9 Å². The van der Waals surface area contributed by atoms with Crippen LogP contribution in [0.4, 0.5) is 5.69 Å². The van der Waals surface area contributed by atoms with E-state index in [1.54, 1.807) is 7.05 Å². The number of amides is 1. The molecule has 0 aromatic heterocycles. The molecule has 0 aliphatic heterocycles. The summed E-state index contributed by atoms with van der Waals surface area (Å²) in [6.45, 7) is 8.90. The van der Waals surface area contributed by atoms with Crippen LogP contribution in [0.2, 0.25) is 0 Å². The Bertz CT molecular complexity index is 527. The van der Waals surface area contributed by atoms with Gasteiger partial charge in [-0.25, -0.2) is 0 Å². The highest BCUT2D eigenvalue weighted by Crippen LogP contribution is 2.09. The Balaban J connectivity index is 2.19. The summed E-state index contributed by atoms with van der Waals surface area (Å²) in [5.41, 5.74) is 2.02. The molecule has 140 valence electrons. The van der Waals surface area contributed by atoms with E-state index >= 15 is 0 Å². The van der Waals surface area contributed by atoms with Crippen LogP contribution in [0.15, 0.2) is 29.3 Å². The van der Waals surface area contributed by atoms with E-state index in [4.69, 9.17) is 4.74 Å². The first-order valence-corrected chi connectivity index (χ1v) is 8.90. The standard InChI is InChI=1S/C19H32N4O2/c1-15(2)10-13-25-14-12-22-19(20-4)21-11-9-17-5-7-18(8-6-17)23-16(3)24/h5-8,15H,9-14H2,1-4H3,(H,23,24)(H2,20,21,22). The van der Waals surface area contributed by atoms with Gasteiger partial charge in [-0.15, -0.1) is 0 Å². The quantitative estimate of drug-likeness (QED) is 0.345. The van der Waals surface area contributed by atoms with Crippen LogP contribution >= 0.6 is 0 Å². The molecule has 3 N–H and O–H groups in total. The fraction of sp³-hybridized carbons (Fsp3) is 0.579. The summed E-state index contributed by atoms with van der Waals surface area (Å²) in [5.74, 6) is 1.40.